The lowest BCUT2D eigenvalue weighted by Crippen LogP contribution is -2.42. The van der Waals surface area contributed by atoms with Crippen molar-refractivity contribution >= 4 is 16.9 Å². The highest BCUT2D eigenvalue weighted by Crippen LogP contribution is 2.30. The summed E-state index contributed by atoms with van der Waals surface area (Å²) in [7, 11) is 0. The monoisotopic (exact) mass is 541 g/mol. The molecule has 5 rings (SSSR count). The Hall–Kier alpha value is -4.01. The van der Waals surface area contributed by atoms with E-state index in [1.165, 1.54) is 4.57 Å². The summed E-state index contributed by atoms with van der Waals surface area (Å²) in [5.74, 6) is -1.22. The van der Waals surface area contributed by atoms with E-state index in [1.807, 2.05) is 12.1 Å². The molecule has 1 N–H and O–H groups in total. The molecule has 1 aromatic heterocycles. The third-order valence-corrected chi connectivity index (χ3v) is 7.60. The number of unbranched alkanes of at least 4 members (excludes halogenated alkanes) is 1. The first-order valence-corrected chi connectivity index (χ1v) is 13.9. The van der Waals surface area contributed by atoms with E-state index in [2.05, 4.69) is 53.4 Å². The lowest BCUT2D eigenvalue weighted by Gasteiger charge is -2.34. The van der Waals surface area contributed by atoms with Crippen molar-refractivity contribution in [3.05, 3.63) is 117 Å². The van der Waals surface area contributed by atoms with Crippen molar-refractivity contribution in [1.29, 1.82) is 0 Å². The van der Waals surface area contributed by atoms with E-state index in [-0.39, 0.29) is 12.2 Å². The highest BCUT2D eigenvalue weighted by Gasteiger charge is 2.24. The molecule has 0 aliphatic carbocycles. The SMILES string of the molecule is O=C(O)Cn1c(=O)c2ccccc2n(CCCCN2CCC(OC(c3ccccc3)c3ccccc3)CC2)c1=O. The summed E-state index contributed by atoms with van der Waals surface area (Å²) in [6.07, 6.45) is 3.65. The highest BCUT2D eigenvalue weighted by molar-refractivity contribution is 5.78. The van der Waals surface area contributed by atoms with Crippen molar-refractivity contribution in [3.63, 3.8) is 0 Å². The first kappa shape index (κ1) is 27.6. The minimum Gasteiger partial charge on any atom is -0.480 e. The molecule has 1 saturated heterocycles. The number of ether oxygens (including phenoxy) is 1. The van der Waals surface area contributed by atoms with Crippen LogP contribution in [0.1, 0.15) is 42.9 Å². The Labute approximate surface area is 233 Å². The van der Waals surface area contributed by atoms with Crippen LogP contribution < -0.4 is 11.2 Å². The van der Waals surface area contributed by atoms with Gasteiger partial charge >= 0.3 is 11.7 Å². The molecule has 208 valence electrons. The van der Waals surface area contributed by atoms with Gasteiger partial charge in [0.1, 0.15) is 12.6 Å². The summed E-state index contributed by atoms with van der Waals surface area (Å²) in [5.41, 5.74) is 1.73. The zero-order valence-electron chi connectivity index (χ0n) is 22.5. The van der Waals surface area contributed by atoms with Crippen LogP contribution in [0, 0.1) is 0 Å². The molecule has 4 aromatic rings. The molecule has 1 fully saturated rings. The number of aliphatic carboxylic acids is 1. The molecule has 0 bridgehead atoms. The van der Waals surface area contributed by atoms with E-state index < -0.39 is 23.8 Å². The maximum absolute atomic E-state index is 13.0. The van der Waals surface area contributed by atoms with Crippen LogP contribution in [0.2, 0.25) is 0 Å². The summed E-state index contributed by atoms with van der Waals surface area (Å²) in [6.45, 7) is 2.60. The second kappa shape index (κ2) is 12.9. The number of aromatic nitrogens is 2. The topological polar surface area (TPSA) is 93.8 Å². The Morgan fingerprint density at radius 1 is 0.800 bits per heavy atom. The number of carbonyl (C=O) groups is 1. The van der Waals surface area contributed by atoms with Crippen molar-refractivity contribution in [2.45, 2.75) is 51.0 Å². The normalized spacial score (nSPS) is 14.6. The number of carboxylic acids is 1. The van der Waals surface area contributed by atoms with E-state index in [4.69, 9.17) is 4.74 Å². The summed E-state index contributed by atoms with van der Waals surface area (Å²) in [4.78, 5) is 39.4. The number of nitrogens with zero attached hydrogens (tertiary/aromatic N) is 3. The highest BCUT2D eigenvalue weighted by atomic mass is 16.5. The maximum Gasteiger partial charge on any atom is 0.332 e. The molecule has 0 radical (unpaired) electrons. The molecule has 0 atom stereocenters. The van der Waals surface area contributed by atoms with Gasteiger partial charge in [0.15, 0.2) is 0 Å². The zero-order chi connectivity index (χ0) is 27.9. The quantitative estimate of drug-likeness (QED) is 0.285. The number of para-hydroxylation sites is 1. The van der Waals surface area contributed by atoms with Gasteiger partial charge in [-0.15, -0.1) is 0 Å². The number of carboxylic acid groups (broad SMARTS) is 1. The number of piperidine rings is 1. The van der Waals surface area contributed by atoms with E-state index in [0.29, 0.717) is 17.4 Å². The van der Waals surface area contributed by atoms with Crippen LogP contribution in [0.3, 0.4) is 0 Å². The van der Waals surface area contributed by atoms with Gasteiger partial charge in [0, 0.05) is 19.6 Å². The summed E-state index contributed by atoms with van der Waals surface area (Å²) >= 11 is 0. The number of likely N-dealkylation sites (tertiary alicyclic amines) is 1. The Morgan fingerprint density at radius 3 is 2.00 bits per heavy atom. The summed E-state index contributed by atoms with van der Waals surface area (Å²) in [6, 6.07) is 27.6. The van der Waals surface area contributed by atoms with Crippen LogP contribution >= 0.6 is 0 Å². The fourth-order valence-electron chi connectivity index (χ4n) is 5.53. The minimum absolute atomic E-state index is 0.0866. The minimum atomic E-state index is -1.22. The lowest BCUT2D eigenvalue weighted by molar-refractivity contribution is -0.137. The van der Waals surface area contributed by atoms with E-state index >= 15 is 0 Å². The maximum atomic E-state index is 13.0. The fraction of sp³-hybridized carbons (Fsp3) is 0.344. The molecular weight excluding hydrogens is 506 g/mol. The average molecular weight is 542 g/mol. The van der Waals surface area contributed by atoms with Crippen molar-refractivity contribution in [2.24, 2.45) is 0 Å². The molecule has 1 aliphatic rings. The molecule has 1 aliphatic heterocycles. The third kappa shape index (κ3) is 6.41. The molecule has 8 heteroatoms. The third-order valence-electron chi connectivity index (χ3n) is 7.60. The lowest BCUT2D eigenvalue weighted by atomic mass is 10.00. The number of aryl methyl sites for hydroxylation is 1. The second-order valence-electron chi connectivity index (χ2n) is 10.3. The van der Waals surface area contributed by atoms with Gasteiger partial charge in [-0.2, -0.15) is 0 Å². The van der Waals surface area contributed by atoms with Gasteiger partial charge in [0.2, 0.25) is 0 Å². The van der Waals surface area contributed by atoms with Gasteiger partial charge in [0.25, 0.3) is 5.56 Å². The molecule has 8 nitrogen and oxygen atoms in total. The molecular formula is C32H35N3O5. The smallest absolute Gasteiger partial charge is 0.332 e. The predicted molar refractivity (Wildman–Crippen MR) is 155 cm³/mol. The zero-order valence-corrected chi connectivity index (χ0v) is 22.5. The largest absolute Gasteiger partial charge is 0.480 e. The van der Waals surface area contributed by atoms with Gasteiger partial charge in [-0.1, -0.05) is 72.8 Å². The number of fused-ring (bicyclic) bond motifs is 1. The average Bonchev–Trinajstić information content (AvgIpc) is 2.99. The fourth-order valence-corrected chi connectivity index (χ4v) is 5.53. The van der Waals surface area contributed by atoms with E-state index in [1.54, 1.807) is 24.3 Å². The molecule has 0 unspecified atom stereocenters. The van der Waals surface area contributed by atoms with Crippen molar-refractivity contribution in [3.8, 4) is 0 Å². The van der Waals surface area contributed by atoms with E-state index in [9.17, 15) is 19.5 Å². The van der Waals surface area contributed by atoms with Gasteiger partial charge < -0.3 is 14.7 Å². The Balaban J connectivity index is 1.16. The van der Waals surface area contributed by atoms with E-state index in [0.717, 1.165) is 61.0 Å². The molecule has 40 heavy (non-hydrogen) atoms. The Kier molecular flexibility index (Phi) is 8.88. The Bertz CT molecular complexity index is 1500. The number of rotatable bonds is 11. The van der Waals surface area contributed by atoms with Crippen LogP contribution in [0.4, 0.5) is 0 Å². The first-order valence-electron chi connectivity index (χ1n) is 13.9. The standard InChI is InChI=1S/C32H35N3O5/c36-29(37)23-35-31(38)27-15-7-8-16-28(27)34(32(35)39)20-10-9-19-33-21-17-26(18-22-33)40-30(24-11-3-1-4-12-24)25-13-5-2-6-14-25/h1-8,11-16,26,30H,9-10,17-23H2,(H,36,37). The number of hydrogen-bond donors (Lipinski definition) is 1. The Morgan fingerprint density at radius 2 is 1.38 bits per heavy atom. The number of benzene rings is 3. The second-order valence-corrected chi connectivity index (χ2v) is 10.3. The number of hydrogen-bond acceptors (Lipinski definition) is 5. The molecule has 0 spiro atoms. The first-order chi connectivity index (χ1) is 19.5. The van der Waals surface area contributed by atoms with Crippen molar-refractivity contribution < 1.29 is 14.6 Å². The van der Waals surface area contributed by atoms with Crippen LogP contribution in [-0.4, -0.2) is 50.8 Å². The molecule has 3 aromatic carbocycles. The molecule has 0 amide bonds. The van der Waals surface area contributed by atoms with Crippen LogP contribution in [0.25, 0.3) is 10.9 Å². The van der Waals surface area contributed by atoms with Crippen LogP contribution in [0.5, 0.6) is 0 Å². The molecule has 2 heterocycles. The van der Waals surface area contributed by atoms with Gasteiger partial charge in [-0.05, 0) is 55.5 Å². The van der Waals surface area contributed by atoms with Gasteiger partial charge in [-0.25, -0.2) is 9.36 Å². The predicted octanol–water partition coefficient (Wildman–Crippen LogP) is 4.30. The van der Waals surface area contributed by atoms with Crippen LogP contribution in [-0.2, 0) is 22.6 Å². The van der Waals surface area contributed by atoms with Gasteiger partial charge in [0.05, 0.1) is 17.0 Å². The van der Waals surface area contributed by atoms with Crippen LogP contribution in [0.15, 0.2) is 94.5 Å². The van der Waals surface area contributed by atoms with Gasteiger partial charge in [-0.3, -0.25) is 14.2 Å². The molecule has 0 saturated carbocycles. The van der Waals surface area contributed by atoms with Crippen molar-refractivity contribution in [2.75, 3.05) is 19.6 Å². The van der Waals surface area contributed by atoms with Crippen molar-refractivity contribution in [1.82, 2.24) is 14.0 Å². The summed E-state index contributed by atoms with van der Waals surface area (Å²) < 4.78 is 9.01. The summed E-state index contributed by atoms with van der Waals surface area (Å²) in [5, 5.41) is 9.55.